The van der Waals surface area contributed by atoms with E-state index < -0.39 is 18.2 Å². The zero-order chi connectivity index (χ0) is 40.5. The van der Waals surface area contributed by atoms with Gasteiger partial charge in [0.2, 0.25) is 5.91 Å². The summed E-state index contributed by atoms with van der Waals surface area (Å²) in [4.78, 5) is 60.6. The molecular weight excluding hydrogens is 741 g/mol. The van der Waals surface area contributed by atoms with Crippen LogP contribution < -0.4 is 11.1 Å². The smallest absolute Gasteiger partial charge is 0.407 e. The summed E-state index contributed by atoms with van der Waals surface area (Å²) in [6.07, 6.45) is 7.35. The maximum Gasteiger partial charge on any atom is 0.407 e. The number of hydrogen-bond acceptors (Lipinski definition) is 7. The molecule has 4 heterocycles. The molecule has 1 aliphatic carbocycles. The number of fused-ring (bicyclic) bond motifs is 3. The summed E-state index contributed by atoms with van der Waals surface area (Å²) in [7, 11) is 1.29. The van der Waals surface area contributed by atoms with Crippen LogP contribution in [-0.2, 0) is 27.2 Å². The van der Waals surface area contributed by atoms with Crippen LogP contribution in [0.15, 0.2) is 109 Å². The summed E-state index contributed by atoms with van der Waals surface area (Å²) in [5.74, 6) is 1.29. The number of alkyl carbamates (subject to hydrolysis) is 1. The van der Waals surface area contributed by atoms with Crippen LogP contribution in [-0.4, -0.2) is 67.8 Å². The first kappa shape index (κ1) is 38.0. The number of likely N-dealkylation sites (tertiary alicyclic amines) is 2. The van der Waals surface area contributed by atoms with Gasteiger partial charge in [-0.25, -0.2) is 14.8 Å². The number of nitrogens with one attached hydrogen (secondary N) is 3. The minimum absolute atomic E-state index is 0.0645. The number of benzene rings is 4. The Kier molecular flexibility index (Phi) is 10.6. The van der Waals surface area contributed by atoms with Crippen LogP contribution in [0.4, 0.5) is 4.79 Å². The van der Waals surface area contributed by atoms with Gasteiger partial charge in [-0.3, -0.25) is 9.59 Å². The average molecular weight is 789 g/mol. The molecule has 2 aromatic heterocycles. The third-order valence-electron chi connectivity index (χ3n) is 12.1. The van der Waals surface area contributed by atoms with E-state index in [2.05, 4.69) is 57.7 Å². The molecule has 3 aliphatic rings. The SMILES string of the molecule is COC(=O)N[C@@H](C(=O)N1CCC[C@H]1c1ncc(-c2ccc(-c3ccc4c(c3)CCCc3[nH]c([C@@H]5CCCN5C(=O)[C@H](N)c5ccccc5)nc3-4)cc2)[nH]1)c1ccccc1. The number of aromatic nitrogens is 4. The molecule has 6 aromatic rings. The number of hydrogen-bond donors (Lipinski definition) is 4. The molecule has 2 fully saturated rings. The maximum absolute atomic E-state index is 13.9. The zero-order valence-electron chi connectivity index (χ0n) is 33.1. The molecule has 0 spiro atoms. The molecule has 59 heavy (non-hydrogen) atoms. The molecular formula is C47H48N8O4. The number of nitrogens with two attached hydrogens (primary N) is 1. The molecule has 4 aromatic carbocycles. The molecule has 3 amide bonds. The van der Waals surface area contributed by atoms with E-state index in [4.69, 9.17) is 20.4 Å². The number of H-pyrrole nitrogens is 2. The molecule has 9 rings (SSSR count). The van der Waals surface area contributed by atoms with Gasteiger partial charge in [0.05, 0.1) is 36.8 Å². The van der Waals surface area contributed by atoms with Gasteiger partial charge in [-0.1, -0.05) is 103 Å². The van der Waals surface area contributed by atoms with E-state index in [1.165, 1.54) is 12.7 Å². The van der Waals surface area contributed by atoms with Crippen molar-refractivity contribution >= 4 is 17.9 Å². The lowest BCUT2D eigenvalue weighted by Gasteiger charge is -2.28. The summed E-state index contributed by atoms with van der Waals surface area (Å²) >= 11 is 0. The standard InChI is InChI=1S/C47H48N8O4/c1-59-47(58)53-41(32-13-6-3-7-14-32)46(57)55-26-9-17-38(55)43-49-28-37(51-43)30-21-19-29(20-22-30)33-23-24-35-34(27-33)15-8-16-36-42(35)52-44(50-36)39-18-10-25-54(39)45(56)40(48)31-11-4-2-5-12-31/h2-7,11-14,19-24,27-28,38-41H,8-10,15-18,25-26,48H2,1H3,(H,49,51)(H,50,52)(H,53,58)/t38-,39-,40+,41+/m0/s1. The van der Waals surface area contributed by atoms with Gasteiger partial charge in [0, 0.05) is 24.3 Å². The monoisotopic (exact) mass is 788 g/mol. The topological polar surface area (TPSA) is 162 Å². The van der Waals surface area contributed by atoms with Crippen molar-refractivity contribution in [2.75, 3.05) is 20.2 Å². The average Bonchev–Trinajstić information content (AvgIpc) is 4.12. The Balaban J connectivity index is 0.905. The largest absolute Gasteiger partial charge is 0.453 e. The number of aromatic amines is 2. The zero-order valence-corrected chi connectivity index (χ0v) is 33.1. The first-order valence-corrected chi connectivity index (χ1v) is 20.5. The van der Waals surface area contributed by atoms with Crippen LogP contribution in [0, 0.1) is 0 Å². The minimum atomic E-state index is -0.872. The number of methoxy groups -OCH3 is 1. The summed E-state index contributed by atoms with van der Waals surface area (Å²) in [5.41, 5.74) is 16.6. The van der Waals surface area contributed by atoms with E-state index in [9.17, 15) is 14.4 Å². The number of aryl methyl sites for hydroxylation is 2. The summed E-state index contributed by atoms with van der Waals surface area (Å²) in [6.45, 7) is 1.23. The normalized spacial score (nSPS) is 18.4. The van der Waals surface area contributed by atoms with Crippen molar-refractivity contribution in [3.05, 3.63) is 143 Å². The maximum atomic E-state index is 13.9. The fourth-order valence-corrected chi connectivity index (χ4v) is 9.04. The molecule has 4 atom stereocenters. The number of ether oxygens (including phenoxy) is 1. The highest BCUT2D eigenvalue weighted by atomic mass is 16.5. The lowest BCUT2D eigenvalue weighted by atomic mass is 9.95. The Morgan fingerprint density at radius 3 is 2.10 bits per heavy atom. The van der Waals surface area contributed by atoms with E-state index in [-0.39, 0.29) is 23.9 Å². The summed E-state index contributed by atoms with van der Waals surface area (Å²) < 4.78 is 4.84. The lowest BCUT2D eigenvalue weighted by molar-refractivity contribution is -0.135. The highest BCUT2D eigenvalue weighted by molar-refractivity contribution is 5.87. The molecule has 0 saturated carbocycles. The third-order valence-corrected chi connectivity index (χ3v) is 12.1. The fourth-order valence-electron chi connectivity index (χ4n) is 9.04. The van der Waals surface area contributed by atoms with Gasteiger partial charge in [0.25, 0.3) is 5.91 Å². The minimum Gasteiger partial charge on any atom is -0.453 e. The van der Waals surface area contributed by atoms with Gasteiger partial charge >= 0.3 is 6.09 Å². The van der Waals surface area contributed by atoms with Crippen molar-refractivity contribution in [1.82, 2.24) is 35.1 Å². The number of rotatable bonds is 9. The number of nitrogens with zero attached hydrogens (tertiary/aromatic N) is 4. The molecule has 0 unspecified atom stereocenters. The van der Waals surface area contributed by atoms with Gasteiger partial charge < -0.3 is 35.6 Å². The quantitative estimate of drug-likeness (QED) is 0.117. The Bertz CT molecular complexity index is 2460. The summed E-state index contributed by atoms with van der Waals surface area (Å²) in [6, 6.07) is 31.9. The second kappa shape index (κ2) is 16.4. The number of amides is 3. The second-order valence-corrected chi connectivity index (χ2v) is 15.7. The molecule has 0 radical (unpaired) electrons. The van der Waals surface area contributed by atoms with Crippen molar-refractivity contribution in [3.63, 3.8) is 0 Å². The van der Waals surface area contributed by atoms with Crippen molar-refractivity contribution in [2.24, 2.45) is 5.73 Å². The molecule has 2 saturated heterocycles. The third kappa shape index (κ3) is 7.51. The van der Waals surface area contributed by atoms with E-state index in [0.29, 0.717) is 18.7 Å². The predicted octanol–water partition coefficient (Wildman–Crippen LogP) is 7.75. The summed E-state index contributed by atoms with van der Waals surface area (Å²) in [5, 5.41) is 2.73. The van der Waals surface area contributed by atoms with Crippen molar-refractivity contribution in [2.45, 2.75) is 69.1 Å². The van der Waals surface area contributed by atoms with E-state index >= 15 is 0 Å². The second-order valence-electron chi connectivity index (χ2n) is 15.7. The first-order valence-electron chi connectivity index (χ1n) is 20.5. The van der Waals surface area contributed by atoms with Crippen LogP contribution in [0.3, 0.4) is 0 Å². The molecule has 2 aliphatic heterocycles. The Morgan fingerprint density at radius 1 is 0.746 bits per heavy atom. The van der Waals surface area contributed by atoms with Crippen LogP contribution >= 0.6 is 0 Å². The van der Waals surface area contributed by atoms with Gasteiger partial charge in [-0.2, -0.15) is 0 Å². The number of imidazole rings is 2. The van der Waals surface area contributed by atoms with Gasteiger partial charge in [-0.15, -0.1) is 0 Å². The van der Waals surface area contributed by atoms with Crippen molar-refractivity contribution in [3.8, 4) is 33.6 Å². The Labute approximate surface area is 343 Å². The van der Waals surface area contributed by atoms with Gasteiger partial charge in [0.1, 0.15) is 23.7 Å². The van der Waals surface area contributed by atoms with E-state index in [1.807, 2.05) is 71.8 Å². The van der Waals surface area contributed by atoms with Gasteiger partial charge in [0.15, 0.2) is 0 Å². The Morgan fingerprint density at radius 2 is 1.39 bits per heavy atom. The van der Waals surface area contributed by atoms with Crippen LogP contribution in [0.1, 0.15) is 90.3 Å². The van der Waals surface area contributed by atoms with Crippen LogP contribution in [0.5, 0.6) is 0 Å². The van der Waals surface area contributed by atoms with Crippen LogP contribution in [0.25, 0.3) is 33.6 Å². The number of carbonyl (C=O) groups is 3. The van der Waals surface area contributed by atoms with E-state index in [0.717, 1.165) is 101 Å². The van der Waals surface area contributed by atoms with Gasteiger partial charge in [-0.05, 0) is 78.3 Å². The predicted molar refractivity (Wildman–Crippen MR) is 225 cm³/mol. The highest BCUT2D eigenvalue weighted by Gasteiger charge is 2.38. The molecule has 5 N–H and O–H groups in total. The molecule has 12 nitrogen and oxygen atoms in total. The Hall–Kier alpha value is -6.53. The molecule has 300 valence electrons. The lowest BCUT2D eigenvalue weighted by Crippen LogP contribution is -2.42. The first-order chi connectivity index (χ1) is 28.9. The van der Waals surface area contributed by atoms with Crippen molar-refractivity contribution < 1.29 is 19.1 Å². The number of carbonyl (C=O) groups excluding carboxylic acids is 3. The molecule has 0 bridgehead atoms. The fraction of sp³-hybridized carbons (Fsp3) is 0.298. The highest BCUT2D eigenvalue weighted by Crippen LogP contribution is 2.39. The van der Waals surface area contributed by atoms with Crippen molar-refractivity contribution in [1.29, 1.82) is 0 Å². The molecule has 12 heteroatoms. The van der Waals surface area contributed by atoms with Crippen LogP contribution in [0.2, 0.25) is 0 Å². The van der Waals surface area contributed by atoms with E-state index in [1.54, 1.807) is 4.90 Å².